The summed E-state index contributed by atoms with van der Waals surface area (Å²) in [6.07, 6.45) is 8.64. The highest BCUT2D eigenvalue weighted by molar-refractivity contribution is 7.91. The van der Waals surface area contributed by atoms with Crippen molar-refractivity contribution in [3.63, 3.8) is 0 Å². The fourth-order valence-electron chi connectivity index (χ4n) is 2.34. The van der Waals surface area contributed by atoms with Crippen molar-refractivity contribution < 1.29 is 17.9 Å². The topological polar surface area (TPSA) is 85.4 Å². The third-order valence-corrected chi connectivity index (χ3v) is 4.60. The van der Waals surface area contributed by atoms with Crippen LogP contribution in [0.5, 0.6) is 5.75 Å². The molecule has 0 saturated carbocycles. The average molecular weight is 360 g/mol. The molecule has 2 rings (SSSR count). The number of aromatic nitrogens is 1. The van der Waals surface area contributed by atoms with Crippen LogP contribution < -0.4 is 10.1 Å². The number of fused-ring (bicyclic) bond motifs is 1. The van der Waals surface area contributed by atoms with Crippen LogP contribution in [0.1, 0.15) is 24.5 Å². The van der Waals surface area contributed by atoms with Crippen LogP contribution >= 0.6 is 0 Å². The lowest BCUT2D eigenvalue weighted by atomic mass is 10.1. The molecule has 1 aromatic heterocycles. The number of hydrogen-bond acceptors (Lipinski definition) is 5. The molecule has 0 saturated heterocycles. The molecule has 1 unspecified atom stereocenters. The number of nitrogens with zero attached hydrogens (tertiary/aromatic N) is 1. The van der Waals surface area contributed by atoms with Crippen molar-refractivity contribution in [2.45, 2.75) is 25.7 Å². The van der Waals surface area contributed by atoms with E-state index in [1.165, 1.54) is 0 Å². The van der Waals surface area contributed by atoms with Gasteiger partial charge in [0, 0.05) is 29.9 Å². The minimum absolute atomic E-state index is 0.267. The van der Waals surface area contributed by atoms with Crippen molar-refractivity contribution in [1.29, 1.82) is 0 Å². The van der Waals surface area contributed by atoms with Gasteiger partial charge in [-0.25, -0.2) is 8.42 Å². The summed E-state index contributed by atoms with van der Waals surface area (Å²) in [5.74, 6) is 2.09. The van der Waals surface area contributed by atoms with Gasteiger partial charge < -0.3 is 10.1 Å². The third kappa shape index (κ3) is 4.48. The third-order valence-electron chi connectivity index (χ3n) is 3.51. The molecule has 25 heavy (non-hydrogen) atoms. The van der Waals surface area contributed by atoms with Gasteiger partial charge in [0.2, 0.25) is 0 Å². The molecule has 7 heteroatoms. The Kier molecular flexibility index (Phi) is 5.65. The first kappa shape index (κ1) is 18.7. The maximum Gasteiger partial charge on any atom is 0.277 e. The quantitative estimate of drug-likeness (QED) is 0.794. The van der Waals surface area contributed by atoms with E-state index in [0.29, 0.717) is 23.9 Å². The fraction of sp³-hybridized carbons (Fsp3) is 0.333. The van der Waals surface area contributed by atoms with Gasteiger partial charge in [-0.15, -0.1) is 6.42 Å². The Morgan fingerprint density at radius 1 is 1.40 bits per heavy atom. The van der Waals surface area contributed by atoms with Gasteiger partial charge in [-0.3, -0.25) is 9.78 Å². The summed E-state index contributed by atoms with van der Waals surface area (Å²) >= 11 is 0. The first-order valence-corrected chi connectivity index (χ1v) is 9.72. The second-order valence-electron chi connectivity index (χ2n) is 5.75. The van der Waals surface area contributed by atoms with Crippen molar-refractivity contribution in [3.05, 3.63) is 35.5 Å². The van der Waals surface area contributed by atoms with Crippen LogP contribution in [0.15, 0.2) is 24.4 Å². The molecule has 0 aliphatic carbocycles. The van der Waals surface area contributed by atoms with E-state index in [-0.39, 0.29) is 5.75 Å². The second kappa shape index (κ2) is 7.53. The van der Waals surface area contributed by atoms with E-state index in [4.69, 9.17) is 11.2 Å². The maximum absolute atomic E-state index is 12.1. The van der Waals surface area contributed by atoms with Gasteiger partial charge in [0.15, 0.2) is 9.84 Å². The zero-order chi connectivity index (χ0) is 18.6. The fourth-order valence-corrected chi connectivity index (χ4v) is 3.09. The zero-order valence-electron chi connectivity index (χ0n) is 14.4. The number of hydrogen-bond donors (Lipinski definition) is 1. The summed E-state index contributed by atoms with van der Waals surface area (Å²) < 4.78 is 29.5. The van der Waals surface area contributed by atoms with Gasteiger partial charge in [-0.05, 0) is 37.1 Å². The van der Waals surface area contributed by atoms with Gasteiger partial charge in [0.25, 0.3) is 11.3 Å². The summed E-state index contributed by atoms with van der Waals surface area (Å²) in [7, 11) is -3.75. The highest BCUT2D eigenvalue weighted by Gasteiger charge is 2.31. The summed E-state index contributed by atoms with van der Waals surface area (Å²) in [4.78, 5) is 16.4. The molecular formula is C18H20N2O4S. The van der Waals surface area contributed by atoms with Crippen LogP contribution in [0.25, 0.3) is 10.9 Å². The number of aryl methyl sites for hydroxylation is 1. The molecule has 132 valence electrons. The van der Waals surface area contributed by atoms with Crippen LogP contribution in [0.3, 0.4) is 0 Å². The van der Waals surface area contributed by atoms with E-state index < -0.39 is 21.2 Å². The van der Waals surface area contributed by atoms with Crippen LogP contribution in [0, 0.1) is 19.3 Å². The summed E-state index contributed by atoms with van der Waals surface area (Å²) in [5, 5.41) is 3.26. The molecule has 0 radical (unpaired) electrons. The molecule has 1 heterocycles. The van der Waals surface area contributed by atoms with Crippen LogP contribution in [-0.4, -0.2) is 37.5 Å². The molecule has 0 fully saturated rings. The Morgan fingerprint density at radius 2 is 2.12 bits per heavy atom. The van der Waals surface area contributed by atoms with Crippen molar-refractivity contribution >= 4 is 26.6 Å². The average Bonchev–Trinajstić information content (AvgIpc) is 2.56. The first-order valence-electron chi connectivity index (χ1n) is 7.76. The Bertz CT molecular complexity index is 945. The SMILES string of the molecule is C#Cc1cnc2c(C)cc(OC(C(=O)NCCC)S(C)(=O)=O)cc2c1. The van der Waals surface area contributed by atoms with Gasteiger partial charge in [0.1, 0.15) is 5.75 Å². The van der Waals surface area contributed by atoms with Crippen molar-refractivity contribution in [3.8, 4) is 18.1 Å². The highest BCUT2D eigenvalue weighted by Crippen LogP contribution is 2.25. The normalized spacial score (nSPS) is 12.4. The molecule has 1 N–H and O–H groups in total. The van der Waals surface area contributed by atoms with Gasteiger partial charge in [0.05, 0.1) is 5.52 Å². The molecule has 1 atom stereocenters. The predicted octanol–water partition coefficient (Wildman–Crippen LogP) is 1.80. The number of sulfone groups is 1. The van der Waals surface area contributed by atoms with Crippen LogP contribution in [0.2, 0.25) is 0 Å². The standard InChI is InChI=1S/C18H20N2O4S/c1-5-7-19-17(21)18(25(4,22)23)24-15-8-12(3)16-14(10-15)9-13(6-2)11-20-16/h2,8-11,18H,5,7H2,1,3-4H3,(H,19,21). The van der Waals surface area contributed by atoms with Gasteiger partial charge in [-0.2, -0.15) is 0 Å². The van der Waals surface area contributed by atoms with Crippen molar-refractivity contribution in [1.82, 2.24) is 10.3 Å². The number of rotatable bonds is 6. The highest BCUT2D eigenvalue weighted by atomic mass is 32.2. The van der Waals surface area contributed by atoms with E-state index in [0.717, 1.165) is 17.3 Å². The Morgan fingerprint density at radius 3 is 2.72 bits per heavy atom. The van der Waals surface area contributed by atoms with E-state index in [1.54, 1.807) is 24.4 Å². The van der Waals surface area contributed by atoms with E-state index in [1.807, 2.05) is 13.8 Å². The Hall–Kier alpha value is -2.59. The van der Waals surface area contributed by atoms with E-state index >= 15 is 0 Å². The summed E-state index contributed by atoms with van der Waals surface area (Å²) in [6, 6.07) is 5.03. The smallest absolute Gasteiger partial charge is 0.277 e. The lowest BCUT2D eigenvalue weighted by Gasteiger charge is -2.18. The number of carbonyl (C=O) groups is 1. The molecule has 1 amide bonds. The maximum atomic E-state index is 12.1. The van der Waals surface area contributed by atoms with Crippen LogP contribution in [-0.2, 0) is 14.6 Å². The minimum Gasteiger partial charge on any atom is -0.464 e. The lowest BCUT2D eigenvalue weighted by molar-refractivity contribution is -0.124. The largest absolute Gasteiger partial charge is 0.464 e. The van der Waals surface area contributed by atoms with Crippen molar-refractivity contribution in [2.24, 2.45) is 0 Å². The number of nitrogens with one attached hydrogen (secondary N) is 1. The van der Waals surface area contributed by atoms with Gasteiger partial charge in [-0.1, -0.05) is 12.8 Å². The number of benzene rings is 1. The molecule has 0 bridgehead atoms. The first-order chi connectivity index (χ1) is 11.8. The number of ether oxygens (including phenoxy) is 1. The van der Waals surface area contributed by atoms with E-state index in [9.17, 15) is 13.2 Å². The molecule has 2 aromatic rings. The Labute approximate surface area is 147 Å². The van der Waals surface area contributed by atoms with Crippen molar-refractivity contribution in [2.75, 3.05) is 12.8 Å². The monoisotopic (exact) mass is 360 g/mol. The molecule has 6 nitrogen and oxygen atoms in total. The van der Waals surface area contributed by atoms with Gasteiger partial charge >= 0.3 is 0 Å². The second-order valence-corrected chi connectivity index (χ2v) is 7.84. The Balaban J connectivity index is 2.42. The number of terminal acetylenes is 1. The molecule has 1 aromatic carbocycles. The summed E-state index contributed by atoms with van der Waals surface area (Å²) in [5.41, 5.74) is 0.513. The number of amides is 1. The molecule has 0 aliphatic rings. The van der Waals surface area contributed by atoms with E-state index in [2.05, 4.69) is 16.2 Å². The zero-order valence-corrected chi connectivity index (χ0v) is 15.2. The minimum atomic E-state index is -3.75. The van der Waals surface area contributed by atoms with Crippen LogP contribution in [0.4, 0.5) is 0 Å². The lowest BCUT2D eigenvalue weighted by Crippen LogP contribution is -2.43. The molecule has 0 spiro atoms. The number of pyridine rings is 1. The molecular weight excluding hydrogens is 340 g/mol. The number of carbonyl (C=O) groups excluding carboxylic acids is 1. The predicted molar refractivity (Wildman–Crippen MR) is 97.0 cm³/mol. The molecule has 0 aliphatic heterocycles. The summed E-state index contributed by atoms with van der Waals surface area (Å²) in [6.45, 7) is 4.07.